The van der Waals surface area contributed by atoms with Gasteiger partial charge in [-0.05, 0) is 24.3 Å². The molecule has 0 saturated carbocycles. The summed E-state index contributed by atoms with van der Waals surface area (Å²) in [4.78, 5) is 1.02. The molecule has 72 valence electrons. The van der Waals surface area contributed by atoms with Crippen LogP contribution in [0.4, 0.5) is 4.39 Å². The summed E-state index contributed by atoms with van der Waals surface area (Å²) in [5.74, 6) is -0.178. The second-order valence-electron chi connectivity index (χ2n) is 2.63. The molecule has 0 aliphatic heterocycles. The van der Waals surface area contributed by atoms with Gasteiger partial charge in [0.2, 0.25) is 0 Å². The molecule has 0 aromatic heterocycles. The molecule has 0 fully saturated rings. The van der Waals surface area contributed by atoms with E-state index in [-0.39, 0.29) is 5.82 Å². The summed E-state index contributed by atoms with van der Waals surface area (Å²) in [6.45, 7) is 0. The van der Waals surface area contributed by atoms with E-state index in [4.69, 9.17) is 0 Å². The van der Waals surface area contributed by atoms with E-state index in [2.05, 4.69) is 12.6 Å². The van der Waals surface area contributed by atoms with Gasteiger partial charge < -0.3 is 0 Å². The third-order valence-electron chi connectivity index (χ3n) is 1.49. The molecule has 2 aromatic rings. The maximum atomic E-state index is 11.9. The molecule has 14 heavy (non-hydrogen) atoms. The minimum atomic E-state index is -0.178. The van der Waals surface area contributed by atoms with Crippen LogP contribution in [0, 0.1) is 5.82 Å². The van der Waals surface area contributed by atoms with Gasteiger partial charge in [0.05, 0.1) is 0 Å². The minimum Gasteiger partial charge on any atom is -0.207 e. The number of thiol groups is 1. The van der Waals surface area contributed by atoms with Crippen molar-refractivity contribution in [2.45, 2.75) is 4.90 Å². The lowest BCUT2D eigenvalue weighted by Crippen LogP contribution is -1.63. The molecule has 0 saturated heterocycles. The van der Waals surface area contributed by atoms with Gasteiger partial charge in [0.15, 0.2) is 0 Å². The Kier molecular flexibility index (Phi) is 4.79. The first-order valence-electron chi connectivity index (χ1n) is 4.23. The van der Waals surface area contributed by atoms with Crippen LogP contribution < -0.4 is 0 Å². The van der Waals surface area contributed by atoms with E-state index >= 15 is 0 Å². The highest BCUT2D eigenvalue weighted by molar-refractivity contribution is 7.80. The van der Waals surface area contributed by atoms with Crippen molar-refractivity contribution in [3.63, 3.8) is 0 Å². The molecule has 0 nitrogen and oxygen atoms in total. The van der Waals surface area contributed by atoms with Crippen molar-refractivity contribution in [1.82, 2.24) is 0 Å². The van der Waals surface area contributed by atoms with Crippen LogP contribution >= 0.6 is 12.6 Å². The lowest BCUT2D eigenvalue weighted by Gasteiger charge is -1.81. The maximum absolute atomic E-state index is 11.9. The molecule has 0 heterocycles. The predicted molar refractivity (Wildman–Crippen MR) is 60.1 cm³/mol. The lowest BCUT2D eigenvalue weighted by atomic mass is 10.4. The zero-order chi connectivity index (χ0) is 10.2. The van der Waals surface area contributed by atoms with Crippen molar-refractivity contribution in [3.8, 4) is 0 Å². The van der Waals surface area contributed by atoms with Gasteiger partial charge in [0, 0.05) is 4.90 Å². The fourth-order valence-electron chi connectivity index (χ4n) is 0.843. The van der Waals surface area contributed by atoms with Gasteiger partial charge in [-0.1, -0.05) is 36.4 Å². The summed E-state index contributed by atoms with van der Waals surface area (Å²) in [5.41, 5.74) is 0. The smallest absolute Gasteiger partial charge is 0.123 e. The van der Waals surface area contributed by atoms with Crippen LogP contribution in [0.15, 0.2) is 65.6 Å². The van der Waals surface area contributed by atoms with Crippen molar-refractivity contribution < 1.29 is 4.39 Å². The normalized spacial score (nSPS) is 8.71. The molecule has 2 rings (SSSR count). The Morgan fingerprint density at radius 2 is 1.14 bits per heavy atom. The van der Waals surface area contributed by atoms with E-state index in [1.807, 2.05) is 30.3 Å². The molecule has 0 atom stereocenters. The molecule has 0 aliphatic rings. The van der Waals surface area contributed by atoms with Crippen LogP contribution in [0.3, 0.4) is 0 Å². The first-order chi connectivity index (χ1) is 6.79. The zero-order valence-corrected chi connectivity index (χ0v) is 8.49. The van der Waals surface area contributed by atoms with Crippen molar-refractivity contribution in [3.05, 3.63) is 66.5 Å². The standard InChI is InChI=1S/C6H5F.C6H6S/c2*7-6-4-2-1-3-5-6/h1-5H;1-5,7H. The van der Waals surface area contributed by atoms with Crippen LogP contribution in [0.5, 0.6) is 0 Å². The molecule has 0 bridgehead atoms. The molecule has 0 aliphatic carbocycles. The fraction of sp³-hybridized carbons (Fsp3) is 0. The van der Waals surface area contributed by atoms with Gasteiger partial charge >= 0.3 is 0 Å². The summed E-state index contributed by atoms with van der Waals surface area (Å²) in [6.07, 6.45) is 0. The molecular formula is C12H11FS. The first-order valence-corrected chi connectivity index (χ1v) is 4.68. The van der Waals surface area contributed by atoms with Crippen LogP contribution in [0.1, 0.15) is 0 Å². The van der Waals surface area contributed by atoms with Gasteiger partial charge in [0.1, 0.15) is 5.82 Å². The molecule has 0 N–H and O–H groups in total. The first kappa shape index (κ1) is 10.8. The summed E-state index contributed by atoms with van der Waals surface area (Å²) < 4.78 is 11.9. The number of benzene rings is 2. The van der Waals surface area contributed by atoms with Crippen molar-refractivity contribution >= 4 is 12.6 Å². The van der Waals surface area contributed by atoms with Crippen LogP contribution in [0.25, 0.3) is 0 Å². The van der Waals surface area contributed by atoms with Crippen LogP contribution in [0.2, 0.25) is 0 Å². The highest BCUT2D eigenvalue weighted by atomic mass is 32.1. The van der Waals surface area contributed by atoms with E-state index in [1.165, 1.54) is 12.1 Å². The Bertz CT molecular complexity index is 308. The van der Waals surface area contributed by atoms with Gasteiger partial charge in [-0.3, -0.25) is 0 Å². The highest BCUT2D eigenvalue weighted by Gasteiger charge is 1.77. The topological polar surface area (TPSA) is 0 Å². The van der Waals surface area contributed by atoms with Gasteiger partial charge in [-0.15, -0.1) is 12.6 Å². The average molecular weight is 206 g/mol. The second-order valence-corrected chi connectivity index (χ2v) is 3.15. The summed E-state index contributed by atoms with van der Waals surface area (Å²) in [7, 11) is 0. The molecule has 0 amide bonds. The molecule has 2 aromatic carbocycles. The third-order valence-corrected chi connectivity index (χ3v) is 1.79. The summed E-state index contributed by atoms with van der Waals surface area (Å²) in [5, 5.41) is 0. The maximum Gasteiger partial charge on any atom is 0.123 e. The number of hydrogen-bond acceptors (Lipinski definition) is 1. The zero-order valence-electron chi connectivity index (χ0n) is 7.60. The quantitative estimate of drug-likeness (QED) is 0.623. The summed E-state index contributed by atoms with van der Waals surface area (Å²) >= 11 is 4.08. The van der Waals surface area contributed by atoms with Gasteiger partial charge in [0.25, 0.3) is 0 Å². The van der Waals surface area contributed by atoms with E-state index in [0.29, 0.717) is 0 Å². The third kappa shape index (κ3) is 4.67. The number of hydrogen-bond donors (Lipinski definition) is 1. The summed E-state index contributed by atoms with van der Waals surface area (Å²) in [6, 6.07) is 17.7. The number of rotatable bonds is 0. The van der Waals surface area contributed by atoms with E-state index in [9.17, 15) is 4.39 Å². The predicted octanol–water partition coefficient (Wildman–Crippen LogP) is 3.80. The Morgan fingerprint density at radius 3 is 1.36 bits per heavy atom. The number of halogens is 1. The Balaban J connectivity index is 0.000000140. The largest absolute Gasteiger partial charge is 0.207 e. The van der Waals surface area contributed by atoms with Crippen LogP contribution in [-0.4, -0.2) is 0 Å². The second kappa shape index (κ2) is 6.22. The fourth-order valence-corrected chi connectivity index (χ4v) is 1.01. The van der Waals surface area contributed by atoms with Crippen LogP contribution in [-0.2, 0) is 0 Å². The highest BCUT2D eigenvalue weighted by Crippen LogP contribution is 2.00. The average Bonchev–Trinajstić information content (AvgIpc) is 2.21. The Hall–Kier alpha value is -1.28. The molecule has 0 unspecified atom stereocenters. The van der Waals surface area contributed by atoms with E-state index < -0.39 is 0 Å². The molecule has 0 spiro atoms. The lowest BCUT2D eigenvalue weighted by molar-refractivity contribution is 0.628. The Labute approximate surface area is 88.8 Å². The van der Waals surface area contributed by atoms with Gasteiger partial charge in [-0.2, -0.15) is 0 Å². The van der Waals surface area contributed by atoms with Crippen molar-refractivity contribution in [1.29, 1.82) is 0 Å². The molecular weight excluding hydrogens is 195 g/mol. The van der Waals surface area contributed by atoms with E-state index in [0.717, 1.165) is 4.90 Å². The van der Waals surface area contributed by atoms with Crippen molar-refractivity contribution in [2.24, 2.45) is 0 Å². The SMILES string of the molecule is Fc1ccccc1.Sc1ccccc1. The van der Waals surface area contributed by atoms with Gasteiger partial charge in [-0.25, -0.2) is 4.39 Å². The van der Waals surface area contributed by atoms with Crippen molar-refractivity contribution in [2.75, 3.05) is 0 Å². The minimum absolute atomic E-state index is 0.178. The molecule has 0 radical (unpaired) electrons. The monoisotopic (exact) mass is 206 g/mol. The molecule has 2 heteroatoms. The Morgan fingerprint density at radius 1 is 0.714 bits per heavy atom. The van der Waals surface area contributed by atoms with E-state index in [1.54, 1.807) is 18.2 Å².